The van der Waals surface area contributed by atoms with Crippen molar-refractivity contribution >= 4 is 23.5 Å². The quantitative estimate of drug-likeness (QED) is 0.799. The van der Waals surface area contributed by atoms with E-state index in [1.165, 1.54) is 12.1 Å². The molecule has 1 amide bonds. The number of amides is 1. The van der Waals surface area contributed by atoms with Crippen LogP contribution in [0.2, 0.25) is 0 Å². The molecule has 0 spiro atoms. The molecule has 0 radical (unpaired) electrons. The first-order chi connectivity index (χ1) is 12.1. The maximum atomic E-state index is 12.5. The van der Waals surface area contributed by atoms with Gasteiger partial charge in [-0.15, -0.1) is 0 Å². The molecular formula is C20H21NO5. The van der Waals surface area contributed by atoms with Gasteiger partial charge in [0.15, 0.2) is 5.78 Å². The van der Waals surface area contributed by atoms with Gasteiger partial charge in [0, 0.05) is 16.8 Å². The summed E-state index contributed by atoms with van der Waals surface area (Å²) in [6.07, 6.45) is -0.573. The van der Waals surface area contributed by atoms with Gasteiger partial charge in [-0.1, -0.05) is 6.07 Å². The lowest BCUT2D eigenvalue weighted by Gasteiger charge is -2.19. The Balaban J connectivity index is 2.13. The molecule has 0 heterocycles. The van der Waals surface area contributed by atoms with Crippen LogP contribution in [0.25, 0.3) is 0 Å². The van der Waals surface area contributed by atoms with Crippen molar-refractivity contribution in [2.75, 3.05) is 5.32 Å². The summed E-state index contributed by atoms with van der Waals surface area (Å²) < 4.78 is 5.17. The number of aromatic carboxylic acids is 1. The number of benzene rings is 2. The fourth-order valence-electron chi connectivity index (χ4n) is 2.34. The fraction of sp³-hybridized carbons (Fsp3) is 0.250. The van der Waals surface area contributed by atoms with Gasteiger partial charge < -0.3 is 9.84 Å². The van der Waals surface area contributed by atoms with Crippen molar-refractivity contribution in [1.82, 2.24) is 0 Å². The molecule has 0 bridgehead atoms. The van der Waals surface area contributed by atoms with E-state index in [4.69, 9.17) is 9.84 Å². The molecule has 0 fully saturated rings. The Kier molecular flexibility index (Phi) is 5.45. The molecule has 0 aliphatic rings. The summed E-state index contributed by atoms with van der Waals surface area (Å²) in [5.41, 5.74) is 1.43. The minimum atomic E-state index is -1.03. The number of carbonyl (C=O) groups excluding carboxylic acids is 2. The summed E-state index contributed by atoms with van der Waals surface area (Å²) in [5, 5.41) is 11.7. The predicted molar refractivity (Wildman–Crippen MR) is 97.9 cm³/mol. The van der Waals surface area contributed by atoms with Gasteiger partial charge in [-0.3, -0.25) is 10.1 Å². The first-order valence-corrected chi connectivity index (χ1v) is 8.05. The summed E-state index contributed by atoms with van der Waals surface area (Å²) in [7, 11) is 0. The SMILES string of the molecule is Cc1cc(C(=O)c2ccc(NC(=O)OC(C)(C)C)cc2)ccc1C(=O)O. The molecule has 6 nitrogen and oxygen atoms in total. The molecule has 2 rings (SSSR count). The summed E-state index contributed by atoms with van der Waals surface area (Å²) >= 11 is 0. The van der Waals surface area contributed by atoms with Crippen LogP contribution in [0.3, 0.4) is 0 Å². The molecule has 0 aliphatic carbocycles. The smallest absolute Gasteiger partial charge is 0.412 e. The van der Waals surface area contributed by atoms with Gasteiger partial charge in [0.25, 0.3) is 0 Å². The van der Waals surface area contributed by atoms with E-state index in [1.54, 1.807) is 58.0 Å². The second kappa shape index (κ2) is 7.39. The van der Waals surface area contributed by atoms with Crippen molar-refractivity contribution in [3.8, 4) is 0 Å². The highest BCUT2D eigenvalue weighted by Gasteiger charge is 2.17. The van der Waals surface area contributed by atoms with Crippen molar-refractivity contribution in [2.45, 2.75) is 33.3 Å². The molecule has 0 aliphatic heterocycles. The normalized spacial score (nSPS) is 10.9. The number of hydrogen-bond donors (Lipinski definition) is 2. The van der Waals surface area contributed by atoms with Crippen LogP contribution >= 0.6 is 0 Å². The van der Waals surface area contributed by atoms with Gasteiger partial charge in [0.2, 0.25) is 0 Å². The van der Waals surface area contributed by atoms with Crippen LogP contribution in [0.15, 0.2) is 42.5 Å². The van der Waals surface area contributed by atoms with E-state index in [2.05, 4.69) is 5.32 Å². The molecule has 26 heavy (non-hydrogen) atoms. The zero-order valence-electron chi connectivity index (χ0n) is 15.1. The highest BCUT2D eigenvalue weighted by Crippen LogP contribution is 2.18. The predicted octanol–water partition coefficient (Wildman–Crippen LogP) is 4.27. The minimum Gasteiger partial charge on any atom is -0.478 e. The lowest BCUT2D eigenvalue weighted by Crippen LogP contribution is -2.27. The molecule has 0 saturated heterocycles. The Morgan fingerprint density at radius 2 is 1.54 bits per heavy atom. The highest BCUT2D eigenvalue weighted by molar-refractivity contribution is 6.09. The second-order valence-electron chi connectivity index (χ2n) is 6.87. The number of hydrogen-bond acceptors (Lipinski definition) is 4. The van der Waals surface area contributed by atoms with Crippen LogP contribution in [-0.2, 0) is 4.74 Å². The van der Waals surface area contributed by atoms with E-state index >= 15 is 0 Å². The number of carboxylic acid groups (broad SMARTS) is 1. The van der Waals surface area contributed by atoms with Crippen molar-refractivity contribution in [2.24, 2.45) is 0 Å². The maximum Gasteiger partial charge on any atom is 0.412 e. The Hall–Kier alpha value is -3.15. The van der Waals surface area contributed by atoms with Crippen LogP contribution < -0.4 is 5.32 Å². The van der Waals surface area contributed by atoms with Crippen LogP contribution in [-0.4, -0.2) is 28.6 Å². The van der Waals surface area contributed by atoms with Crippen LogP contribution in [0.1, 0.15) is 52.6 Å². The second-order valence-corrected chi connectivity index (χ2v) is 6.87. The van der Waals surface area contributed by atoms with E-state index in [9.17, 15) is 14.4 Å². The molecule has 0 aromatic heterocycles. The molecule has 0 saturated carbocycles. The van der Waals surface area contributed by atoms with Gasteiger partial charge in [-0.2, -0.15) is 0 Å². The van der Waals surface area contributed by atoms with Gasteiger partial charge in [-0.05, 0) is 69.7 Å². The van der Waals surface area contributed by atoms with E-state index in [0.29, 0.717) is 22.4 Å². The first kappa shape index (κ1) is 19.2. The number of rotatable bonds is 4. The third-order valence-corrected chi connectivity index (χ3v) is 3.51. The van der Waals surface area contributed by atoms with E-state index < -0.39 is 17.7 Å². The summed E-state index contributed by atoms with van der Waals surface area (Å²) in [6.45, 7) is 6.96. The van der Waals surface area contributed by atoms with Crippen LogP contribution in [0.5, 0.6) is 0 Å². The number of carbonyl (C=O) groups is 3. The topological polar surface area (TPSA) is 92.7 Å². The van der Waals surface area contributed by atoms with Crippen LogP contribution in [0.4, 0.5) is 10.5 Å². The number of ketones is 1. The van der Waals surface area contributed by atoms with Crippen LogP contribution in [0, 0.1) is 6.92 Å². The zero-order chi connectivity index (χ0) is 19.5. The third-order valence-electron chi connectivity index (χ3n) is 3.51. The Morgan fingerprint density at radius 1 is 0.962 bits per heavy atom. The largest absolute Gasteiger partial charge is 0.478 e. The number of nitrogens with one attached hydrogen (secondary N) is 1. The van der Waals surface area contributed by atoms with Crippen molar-refractivity contribution in [3.05, 3.63) is 64.7 Å². The van der Waals surface area contributed by atoms with E-state index in [0.717, 1.165) is 0 Å². The average Bonchev–Trinajstić information content (AvgIpc) is 2.52. The van der Waals surface area contributed by atoms with Gasteiger partial charge in [0.1, 0.15) is 5.60 Å². The van der Waals surface area contributed by atoms with Crippen molar-refractivity contribution in [3.63, 3.8) is 0 Å². The molecule has 2 N–H and O–H groups in total. The number of anilines is 1. The van der Waals surface area contributed by atoms with Crippen molar-refractivity contribution < 1.29 is 24.2 Å². The molecule has 2 aromatic carbocycles. The lowest BCUT2D eigenvalue weighted by atomic mass is 9.98. The fourth-order valence-corrected chi connectivity index (χ4v) is 2.34. The number of carboxylic acids is 1. The van der Waals surface area contributed by atoms with Gasteiger partial charge >= 0.3 is 12.1 Å². The standard InChI is InChI=1S/C20H21NO5/c1-12-11-14(7-10-16(12)18(23)24)17(22)13-5-8-15(9-6-13)21-19(25)26-20(2,3)4/h5-11H,1-4H3,(H,21,25)(H,23,24). The Bertz CT molecular complexity index is 847. The first-order valence-electron chi connectivity index (χ1n) is 8.05. The highest BCUT2D eigenvalue weighted by atomic mass is 16.6. The molecule has 6 heteroatoms. The number of ether oxygens (including phenoxy) is 1. The summed E-state index contributed by atoms with van der Waals surface area (Å²) in [6, 6.07) is 10.9. The number of aryl methyl sites for hydroxylation is 1. The third kappa shape index (κ3) is 4.92. The molecular weight excluding hydrogens is 334 g/mol. The maximum absolute atomic E-state index is 12.5. The minimum absolute atomic E-state index is 0.165. The van der Waals surface area contributed by atoms with Crippen molar-refractivity contribution in [1.29, 1.82) is 0 Å². The zero-order valence-corrected chi connectivity index (χ0v) is 15.1. The molecule has 0 unspecified atom stereocenters. The van der Waals surface area contributed by atoms with E-state index in [-0.39, 0.29) is 11.3 Å². The van der Waals surface area contributed by atoms with Gasteiger partial charge in [0.05, 0.1) is 5.56 Å². The summed E-state index contributed by atoms with van der Waals surface area (Å²) in [4.78, 5) is 35.3. The summed E-state index contributed by atoms with van der Waals surface area (Å²) in [5.74, 6) is -1.26. The molecule has 0 atom stereocenters. The lowest BCUT2D eigenvalue weighted by molar-refractivity contribution is 0.0634. The van der Waals surface area contributed by atoms with E-state index in [1.807, 2.05) is 0 Å². The molecule has 2 aromatic rings. The Morgan fingerprint density at radius 3 is 2.04 bits per heavy atom. The monoisotopic (exact) mass is 355 g/mol. The average molecular weight is 355 g/mol. The van der Waals surface area contributed by atoms with Gasteiger partial charge in [-0.25, -0.2) is 9.59 Å². The Labute approximate surface area is 151 Å². The molecule has 136 valence electrons.